The van der Waals surface area contributed by atoms with Crippen molar-refractivity contribution in [3.63, 3.8) is 0 Å². The zero-order valence-corrected chi connectivity index (χ0v) is 14.7. The van der Waals surface area contributed by atoms with E-state index in [1.165, 1.54) is 0 Å². The minimum absolute atomic E-state index is 0.0594. The molecule has 2 N–H and O–H groups in total. The minimum Gasteiger partial charge on any atom is -0.393 e. The summed E-state index contributed by atoms with van der Waals surface area (Å²) in [5.74, 6) is 0.155. The van der Waals surface area contributed by atoms with E-state index in [1.54, 1.807) is 6.20 Å². The molecule has 26 heavy (non-hydrogen) atoms. The molecule has 0 radical (unpaired) electrons. The van der Waals surface area contributed by atoms with Gasteiger partial charge in [-0.05, 0) is 49.9 Å². The monoisotopic (exact) mass is 350 g/mol. The molecule has 1 saturated carbocycles. The normalized spacial score (nSPS) is 20.5. The molecule has 3 aromatic heterocycles. The fraction of sp³-hybridized carbons (Fsp3) is 0.350. The van der Waals surface area contributed by atoms with Crippen LogP contribution in [0, 0.1) is 12.8 Å². The minimum atomic E-state index is -0.274. The highest BCUT2D eigenvalue weighted by Crippen LogP contribution is 2.37. The van der Waals surface area contributed by atoms with Gasteiger partial charge in [-0.2, -0.15) is 0 Å². The van der Waals surface area contributed by atoms with Crippen LogP contribution in [0.2, 0.25) is 0 Å². The molecule has 3 aromatic rings. The Labute approximate surface area is 151 Å². The number of nitrogens with zero attached hydrogens (tertiary/aromatic N) is 3. The fourth-order valence-corrected chi connectivity index (χ4v) is 3.65. The third-order valence-electron chi connectivity index (χ3n) is 5.10. The maximum absolute atomic E-state index is 12.8. The van der Waals surface area contributed by atoms with E-state index >= 15 is 0 Å². The van der Waals surface area contributed by atoms with Crippen molar-refractivity contribution in [3.05, 3.63) is 65.9 Å². The summed E-state index contributed by atoms with van der Waals surface area (Å²) in [5.41, 5.74) is 3.44. The zero-order valence-electron chi connectivity index (χ0n) is 14.7. The van der Waals surface area contributed by atoms with Gasteiger partial charge in [-0.15, -0.1) is 0 Å². The lowest BCUT2D eigenvalue weighted by Gasteiger charge is -2.37. The number of aromatic nitrogens is 3. The number of pyridine rings is 2. The molecule has 1 aliphatic rings. The van der Waals surface area contributed by atoms with Crippen molar-refractivity contribution in [2.24, 2.45) is 5.92 Å². The third kappa shape index (κ3) is 3.20. The lowest BCUT2D eigenvalue weighted by Crippen LogP contribution is -2.42. The smallest absolute Gasteiger partial charge is 0.226 e. The Morgan fingerprint density at radius 1 is 1.31 bits per heavy atom. The maximum Gasteiger partial charge on any atom is 0.226 e. The number of hydrogen-bond donors (Lipinski definition) is 2. The maximum atomic E-state index is 12.8. The molecule has 1 fully saturated rings. The largest absolute Gasteiger partial charge is 0.393 e. The Bertz CT molecular complexity index is 916. The predicted molar refractivity (Wildman–Crippen MR) is 97.5 cm³/mol. The molecule has 1 amide bonds. The van der Waals surface area contributed by atoms with Gasteiger partial charge in [0.1, 0.15) is 5.65 Å². The zero-order chi connectivity index (χ0) is 18.1. The third-order valence-corrected chi connectivity index (χ3v) is 5.10. The molecule has 0 bridgehead atoms. The summed E-state index contributed by atoms with van der Waals surface area (Å²) in [5, 5.41) is 12.8. The van der Waals surface area contributed by atoms with Crippen LogP contribution in [-0.4, -0.2) is 31.5 Å². The lowest BCUT2D eigenvalue weighted by molar-refractivity contribution is -0.122. The molecule has 0 spiro atoms. The Hall–Kier alpha value is -2.73. The number of hydrogen-bond acceptors (Lipinski definition) is 4. The number of aliphatic hydroxyl groups is 1. The highest BCUT2D eigenvalue weighted by Gasteiger charge is 2.36. The first kappa shape index (κ1) is 16.7. The standard InChI is InChI=1S/C20H22N4O2/c1-13-17(24-9-5-3-7-18(24)22-13)12-19(26)23-20(14-10-15(25)11-14)16-6-2-4-8-21-16/h2-9,14-15,20,25H,10-12H2,1H3,(H,23,26)/t14?,15?,20-/m1/s1. The number of carbonyl (C=O) groups is 1. The molecule has 1 aliphatic carbocycles. The summed E-state index contributed by atoms with van der Waals surface area (Å²) >= 11 is 0. The molecule has 4 rings (SSSR count). The summed E-state index contributed by atoms with van der Waals surface area (Å²) in [6, 6.07) is 11.3. The van der Waals surface area contributed by atoms with E-state index < -0.39 is 0 Å². The first-order valence-corrected chi connectivity index (χ1v) is 8.92. The SMILES string of the molecule is Cc1nc2ccccn2c1CC(=O)N[C@@H](c1ccccn1)C1CC(O)C1. The second-order valence-electron chi connectivity index (χ2n) is 6.93. The van der Waals surface area contributed by atoms with E-state index in [-0.39, 0.29) is 30.4 Å². The van der Waals surface area contributed by atoms with Crippen molar-refractivity contribution in [3.8, 4) is 0 Å². The molecule has 0 unspecified atom stereocenters. The molecule has 0 saturated heterocycles. The van der Waals surface area contributed by atoms with Crippen LogP contribution in [-0.2, 0) is 11.2 Å². The van der Waals surface area contributed by atoms with Gasteiger partial charge >= 0.3 is 0 Å². The average Bonchev–Trinajstić information content (AvgIpc) is 2.94. The first-order valence-electron chi connectivity index (χ1n) is 8.92. The van der Waals surface area contributed by atoms with Gasteiger partial charge < -0.3 is 14.8 Å². The van der Waals surface area contributed by atoms with Crippen molar-refractivity contribution < 1.29 is 9.90 Å². The molecule has 6 nitrogen and oxygen atoms in total. The number of aliphatic hydroxyl groups excluding tert-OH is 1. The van der Waals surface area contributed by atoms with Gasteiger partial charge in [0.25, 0.3) is 0 Å². The Balaban J connectivity index is 1.54. The van der Waals surface area contributed by atoms with Crippen molar-refractivity contribution >= 4 is 11.6 Å². The number of nitrogens with one attached hydrogen (secondary N) is 1. The topological polar surface area (TPSA) is 79.5 Å². The summed E-state index contributed by atoms with van der Waals surface area (Å²) in [6.45, 7) is 1.92. The summed E-state index contributed by atoms with van der Waals surface area (Å²) in [6.07, 6.45) is 5.03. The molecule has 0 aromatic carbocycles. The van der Waals surface area contributed by atoms with Crippen molar-refractivity contribution in [1.29, 1.82) is 0 Å². The van der Waals surface area contributed by atoms with E-state index in [2.05, 4.69) is 15.3 Å². The highest BCUT2D eigenvalue weighted by molar-refractivity contribution is 5.79. The Morgan fingerprint density at radius 2 is 2.12 bits per heavy atom. The quantitative estimate of drug-likeness (QED) is 0.739. The van der Waals surface area contributed by atoms with E-state index in [1.807, 2.05) is 53.9 Å². The van der Waals surface area contributed by atoms with Crippen LogP contribution in [0.3, 0.4) is 0 Å². The van der Waals surface area contributed by atoms with E-state index in [0.717, 1.165) is 22.7 Å². The van der Waals surface area contributed by atoms with Gasteiger partial charge in [0, 0.05) is 12.4 Å². The second-order valence-corrected chi connectivity index (χ2v) is 6.93. The molecule has 1 atom stereocenters. The molecule has 3 heterocycles. The van der Waals surface area contributed by atoms with Crippen molar-refractivity contribution in [2.75, 3.05) is 0 Å². The highest BCUT2D eigenvalue weighted by atomic mass is 16.3. The van der Waals surface area contributed by atoms with E-state index in [9.17, 15) is 9.90 Å². The van der Waals surface area contributed by atoms with Crippen LogP contribution < -0.4 is 5.32 Å². The second kappa shape index (κ2) is 6.88. The number of carbonyl (C=O) groups excluding carboxylic acids is 1. The average molecular weight is 350 g/mol. The van der Waals surface area contributed by atoms with Gasteiger partial charge in [-0.25, -0.2) is 4.98 Å². The number of aryl methyl sites for hydroxylation is 1. The Morgan fingerprint density at radius 3 is 2.85 bits per heavy atom. The van der Waals surface area contributed by atoms with Crippen molar-refractivity contribution in [2.45, 2.75) is 38.3 Å². The van der Waals surface area contributed by atoms with Crippen LogP contribution in [0.15, 0.2) is 48.8 Å². The van der Waals surface area contributed by atoms with Gasteiger partial charge in [-0.3, -0.25) is 9.78 Å². The number of amides is 1. The van der Waals surface area contributed by atoms with Gasteiger partial charge in [0.2, 0.25) is 5.91 Å². The van der Waals surface area contributed by atoms with Crippen LogP contribution in [0.1, 0.15) is 36.0 Å². The van der Waals surface area contributed by atoms with Gasteiger partial charge in [0.15, 0.2) is 0 Å². The van der Waals surface area contributed by atoms with Crippen LogP contribution >= 0.6 is 0 Å². The fourth-order valence-electron chi connectivity index (χ4n) is 3.65. The van der Waals surface area contributed by atoms with Crippen LogP contribution in [0.5, 0.6) is 0 Å². The van der Waals surface area contributed by atoms with Gasteiger partial charge in [0.05, 0.1) is 35.6 Å². The molecule has 0 aliphatic heterocycles. The number of imidazole rings is 1. The van der Waals surface area contributed by atoms with Gasteiger partial charge in [-0.1, -0.05) is 12.1 Å². The first-order chi connectivity index (χ1) is 12.6. The molecule has 6 heteroatoms. The molecular formula is C20H22N4O2. The Kier molecular flexibility index (Phi) is 4.42. The predicted octanol–water partition coefficient (Wildman–Crippen LogP) is 2.21. The molecule has 134 valence electrons. The summed E-state index contributed by atoms with van der Waals surface area (Å²) in [7, 11) is 0. The van der Waals surface area contributed by atoms with E-state index in [4.69, 9.17) is 0 Å². The number of fused-ring (bicyclic) bond motifs is 1. The summed E-state index contributed by atoms with van der Waals surface area (Å²) in [4.78, 5) is 21.7. The molecular weight excluding hydrogens is 328 g/mol. The number of rotatable bonds is 5. The summed E-state index contributed by atoms with van der Waals surface area (Å²) < 4.78 is 1.96. The lowest BCUT2D eigenvalue weighted by atomic mass is 9.76. The van der Waals surface area contributed by atoms with Crippen LogP contribution in [0.4, 0.5) is 0 Å². The van der Waals surface area contributed by atoms with E-state index in [0.29, 0.717) is 12.8 Å². The van der Waals surface area contributed by atoms with Crippen molar-refractivity contribution in [1.82, 2.24) is 19.7 Å². The van der Waals surface area contributed by atoms with Crippen LogP contribution in [0.25, 0.3) is 5.65 Å².